The van der Waals surface area contributed by atoms with Gasteiger partial charge in [0.2, 0.25) is 5.89 Å². The Balaban J connectivity index is 1.16. The molecule has 0 N–H and O–H groups in total. The maximum atomic E-state index is 6.13. The third-order valence-corrected chi connectivity index (χ3v) is 7.65. The molecule has 3 nitrogen and oxygen atoms in total. The van der Waals surface area contributed by atoms with Crippen LogP contribution in [0.25, 0.3) is 72.3 Å². The van der Waals surface area contributed by atoms with E-state index in [9.17, 15) is 0 Å². The second-order valence-electron chi connectivity index (χ2n) is 10.1. The lowest BCUT2D eigenvalue weighted by Crippen LogP contribution is -1.92. The second kappa shape index (κ2) is 9.11. The highest BCUT2D eigenvalue weighted by Crippen LogP contribution is 2.35. The molecule has 0 saturated heterocycles. The highest BCUT2D eigenvalue weighted by Gasteiger charge is 2.14. The number of rotatable bonds is 4. The van der Waals surface area contributed by atoms with Gasteiger partial charge >= 0.3 is 0 Å². The van der Waals surface area contributed by atoms with Crippen molar-refractivity contribution in [2.45, 2.75) is 0 Å². The van der Waals surface area contributed by atoms with Crippen molar-refractivity contribution in [2.24, 2.45) is 0 Å². The average Bonchev–Trinajstić information content (AvgIpc) is 3.61. The molecule has 40 heavy (non-hydrogen) atoms. The van der Waals surface area contributed by atoms with Gasteiger partial charge in [0.15, 0.2) is 5.58 Å². The first kappa shape index (κ1) is 22.6. The minimum absolute atomic E-state index is 0.633. The van der Waals surface area contributed by atoms with Crippen LogP contribution in [-0.2, 0) is 0 Å². The van der Waals surface area contributed by atoms with Crippen molar-refractivity contribution < 1.29 is 4.42 Å². The zero-order valence-corrected chi connectivity index (χ0v) is 21.7. The van der Waals surface area contributed by atoms with Gasteiger partial charge in [0.1, 0.15) is 5.52 Å². The number of fused-ring (bicyclic) bond motifs is 4. The van der Waals surface area contributed by atoms with Crippen LogP contribution >= 0.6 is 0 Å². The summed E-state index contributed by atoms with van der Waals surface area (Å²) in [4.78, 5) is 4.81. The third-order valence-electron chi connectivity index (χ3n) is 7.65. The second-order valence-corrected chi connectivity index (χ2v) is 10.1. The molecule has 0 spiro atoms. The largest absolute Gasteiger partial charge is 0.436 e. The summed E-state index contributed by atoms with van der Waals surface area (Å²) < 4.78 is 8.47. The molecule has 6 aromatic carbocycles. The molecule has 0 bridgehead atoms. The van der Waals surface area contributed by atoms with Crippen molar-refractivity contribution in [1.29, 1.82) is 0 Å². The Labute approximate surface area is 231 Å². The van der Waals surface area contributed by atoms with Gasteiger partial charge in [-0.2, -0.15) is 0 Å². The molecule has 0 amide bonds. The summed E-state index contributed by atoms with van der Waals surface area (Å²) in [5.41, 5.74) is 10.8. The van der Waals surface area contributed by atoms with Gasteiger partial charge in [-0.15, -0.1) is 0 Å². The Morgan fingerprint density at radius 1 is 0.450 bits per heavy atom. The minimum atomic E-state index is 0.633. The van der Waals surface area contributed by atoms with Crippen molar-refractivity contribution in [1.82, 2.24) is 9.55 Å². The van der Waals surface area contributed by atoms with Crippen molar-refractivity contribution in [2.75, 3.05) is 0 Å². The van der Waals surface area contributed by atoms with Gasteiger partial charge in [-0.25, -0.2) is 4.98 Å². The van der Waals surface area contributed by atoms with E-state index in [1.165, 1.54) is 38.6 Å². The fourth-order valence-electron chi connectivity index (χ4n) is 5.67. The summed E-state index contributed by atoms with van der Waals surface area (Å²) in [5, 5.41) is 2.50. The normalized spacial score (nSPS) is 11.5. The molecule has 0 unspecified atom stereocenters. The molecule has 2 heterocycles. The first-order valence-electron chi connectivity index (χ1n) is 13.5. The molecule has 8 rings (SSSR count). The van der Waals surface area contributed by atoms with Crippen LogP contribution < -0.4 is 0 Å². The number of hydrogen-bond donors (Lipinski definition) is 0. The third kappa shape index (κ3) is 3.71. The van der Waals surface area contributed by atoms with Gasteiger partial charge in [0.25, 0.3) is 0 Å². The van der Waals surface area contributed by atoms with Gasteiger partial charge in [-0.1, -0.05) is 91.0 Å². The molecule has 0 saturated carbocycles. The molecule has 0 atom stereocenters. The minimum Gasteiger partial charge on any atom is -0.436 e. The van der Waals surface area contributed by atoms with Crippen molar-refractivity contribution in [3.05, 3.63) is 146 Å². The molecule has 0 aliphatic carbocycles. The lowest BCUT2D eigenvalue weighted by atomic mass is 10.0. The van der Waals surface area contributed by atoms with Crippen LogP contribution in [0.2, 0.25) is 0 Å². The summed E-state index contributed by atoms with van der Waals surface area (Å²) in [6.07, 6.45) is 0. The van der Waals surface area contributed by atoms with Crippen LogP contribution in [0.4, 0.5) is 0 Å². The Kier molecular flexibility index (Phi) is 5.14. The van der Waals surface area contributed by atoms with E-state index in [0.717, 1.165) is 27.8 Å². The number of oxazole rings is 1. The summed E-state index contributed by atoms with van der Waals surface area (Å²) >= 11 is 0. The molecule has 3 heteroatoms. The Hall–Kier alpha value is -5.41. The van der Waals surface area contributed by atoms with E-state index >= 15 is 0 Å². The number of para-hydroxylation sites is 2. The van der Waals surface area contributed by atoms with Gasteiger partial charge in [0.05, 0.1) is 11.0 Å². The summed E-state index contributed by atoms with van der Waals surface area (Å²) in [6, 6.07) is 50.9. The monoisotopic (exact) mass is 512 g/mol. The zero-order chi connectivity index (χ0) is 26.5. The van der Waals surface area contributed by atoms with Gasteiger partial charge < -0.3 is 8.98 Å². The molecule has 8 aromatic rings. The Bertz CT molecular complexity index is 2140. The summed E-state index contributed by atoms with van der Waals surface area (Å²) in [6.45, 7) is 0. The van der Waals surface area contributed by atoms with Crippen LogP contribution in [0.3, 0.4) is 0 Å². The van der Waals surface area contributed by atoms with E-state index in [4.69, 9.17) is 9.40 Å². The molecule has 0 aliphatic heterocycles. The van der Waals surface area contributed by atoms with E-state index < -0.39 is 0 Å². The highest BCUT2D eigenvalue weighted by molar-refractivity contribution is 6.10. The SMILES string of the molecule is c1ccc(-c2ccc3oc(-c4ccc(-c5ccc6c(c5)c5ccccc5n6-c5ccccc5)cc4)nc3c2)cc1. The topological polar surface area (TPSA) is 31.0 Å². The molecular weight excluding hydrogens is 488 g/mol. The molecule has 188 valence electrons. The quantitative estimate of drug-likeness (QED) is 0.235. The number of benzene rings is 6. The predicted octanol–water partition coefficient (Wildman–Crippen LogP) is 9.93. The van der Waals surface area contributed by atoms with E-state index in [0.29, 0.717) is 5.89 Å². The van der Waals surface area contributed by atoms with Gasteiger partial charge in [0, 0.05) is 22.0 Å². The standard InChI is InChI=1S/C37H24N2O/c1-3-9-25(10-4-1)29-20-22-36-33(24-29)38-37(40-36)27-17-15-26(16-18-27)28-19-21-35-32(23-28)31-13-7-8-14-34(31)39(35)30-11-5-2-6-12-30/h1-24H. The van der Waals surface area contributed by atoms with E-state index in [-0.39, 0.29) is 0 Å². The number of aromatic nitrogens is 2. The fourth-order valence-corrected chi connectivity index (χ4v) is 5.67. The van der Waals surface area contributed by atoms with Crippen LogP contribution in [0.5, 0.6) is 0 Å². The maximum absolute atomic E-state index is 6.13. The number of hydrogen-bond acceptors (Lipinski definition) is 2. The molecule has 0 fully saturated rings. The lowest BCUT2D eigenvalue weighted by molar-refractivity contribution is 0.620. The Morgan fingerprint density at radius 2 is 1.05 bits per heavy atom. The van der Waals surface area contributed by atoms with Gasteiger partial charge in [-0.05, 0) is 76.9 Å². The zero-order valence-electron chi connectivity index (χ0n) is 21.7. The van der Waals surface area contributed by atoms with Crippen molar-refractivity contribution >= 4 is 32.9 Å². The maximum Gasteiger partial charge on any atom is 0.227 e. The Morgan fingerprint density at radius 3 is 1.88 bits per heavy atom. The summed E-state index contributed by atoms with van der Waals surface area (Å²) in [5.74, 6) is 0.633. The number of nitrogens with zero attached hydrogens (tertiary/aromatic N) is 2. The molecule has 0 radical (unpaired) electrons. The smallest absolute Gasteiger partial charge is 0.227 e. The highest BCUT2D eigenvalue weighted by atomic mass is 16.3. The van der Waals surface area contributed by atoms with E-state index in [1.54, 1.807) is 0 Å². The van der Waals surface area contributed by atoms with E-state index in [1.807, 2.05) is 24.3 Å². The van der Waals surface area contributed by atoms with Crippen LogP contribution in [-0.4, -0.2) is 9.55 Å². The first-order chi connectivity index (χ1) is 19.8. The summed E-state index contributed by atoms with van der Waals surface area (Å²) in [7, 11) is 0. The van der Waals surface area contributed by atoms with Crippen molar-refractivity contribution in [3.63, 3.8) is 0 Å². The lowest BCUT2D eigenvalue weighted by Gasteiger charge is -2.08. The average molecular weight is 513 g/mol. The molecule has 0 aliphatic rings. The van der Waals surface area contributed by atoms with Gasteiger partial charge in [-0.3, -0.25) is 0 Å². The molecule has 2 aromatic heterocycles. The molecular formula is C37H24N2O. The predicted molar refractivity (Wildman–Crippen MR) is 165 cm³/mol. The van der Waals surface area contributed by atoms with Crippen LogP contribution in [0.1, 0.15) is 0 Å². The van der Waals surface area contributed by atoms with Crippen molar-refractivity contribution in [3.8, 4) is 39.4 Å². The van der Waals surface area contributed by atoms with Crippen LogP contribution in [0.15, 0.2) is 150 Å². The fraction of sp³-hybridized carbons (Fsp3) is 0. The van der Waals surface area contributed by atoms with E-state index in [2.05, 4.69) is 126 Å². The first-order valence-corrected chi connectivity index (χ1v) is 13.5. The van der Waals surface area contributed by atoms with Crippen LogP contribution in [0, 0.1) is 0 Å².